The number of aromatic nitrogens is 3. The standard InChI is InChI=1S/C12H19N5/c1-3-6-14-10-5-4-9(7-8(10)2)11-15-12(13)17-16-11/h4-5,8,14H,3,6-7H2,1-2H3,(H3,13,15,16,17). The van der Waals surface area contributed by atoms with Crippen molar-refractivity contribution in [2.75, 3.05) is 12.3 Å². The lowest BCUT2D eigenvalue weighted by molar-refractivity contribution is 0.606. The lowest BCUT2D eigenvalue weighted by atomic mass is 9.92. The summed E-state index contributed by atoms with van der Waals surface area (Å²) in [4.78, 5) is 4.15. The summed E-state index contributed by atoms with van der Waals surface area (Å²) >= 11 is 0. The zero-order chi connectivity index (χ0) is 12.3. The van der Waals surface area contributed by atoms with Crippen LogP contribution in [-0.2, 0) is 0 Å². The minimum absolute atomic E-state index is 0.299. The molecule has 1 aromatic heterocycles. The zero-order valence-corrected chi connectivity index (χ0v) is 10.3. The van der Waals surface area contributed by atoms with E-state index < -0.39 is 0 Å². The minimum atomic E-state index is 0.299. The second kappa shape index (κ2) is 5.03. The van der Waals surface area contributed by atoms with Crippen LogP contribution in [0.4, 0.5) is 5.95 Å². The molecule has 0 amide bonds. The van der Waals surface area contributed by atoms with Crippen LogP contribution in [0.1, 0.15) is 32.5 Å². The van der Waals surface area contributed by atoms with Crippen LogP contribution in [0.3, 0.4) is 0 Å². The van der Waals surface area contributed by atoms with E-state index in [-0.39, 0.29) is 0 Å². The molecule has 5 heteroatoms. The Kier molecular flexibility index (Phi) is 3.46. The van der Waals surface area contributed by atoms with Gasteiger partial charge in [-0.05, 0) is 30.4 Å². The molecule has 2 rings (SSSR count). The van der Waals surface area contributed by atoms with Gasteiger partial charge in [-0.1, -0.05) is 19.9 Å². The van der Waals surface area contributed by atoms with Crippen molar-refractivity contribution in [3.8, 4) is 0 Å². The Morgan fingerprint density at radius 1 is 1.53 bits per heavy atom. The highest BCUT2D eigenvalue weighted by atomic mass is 15.3. The van der Waals surface area contributed by atoms with Crippen LogP contribution in [0.5, 0.6) is 0 Å². The number of nitrogens with two attached hydrogens (primary N) is 1. The van der Waals surface area contributed by atoms with Gasteiger partial charge in [0.15, 0.2) is 5.82 Å². The highest BCUT2D eigenvalue weighted by Gasteiger charge is 2.17. The van der Waals surface area contributed by atoms with Gasteiger partial charge in [-0.25, -0.2) is 0 Å². The van der Waals surface area contributed by atoms with Gasteiger partial charge in [0.2, 0.25) is 5.95 Å². The molecular weight excluding hydrogens is 214 g/mol. The molecule has 1 aliphatic rings. The van der Waals surface area contributed by atoms with E-state index in [2.05, 4.69) is 46.5 Å². The first-order valence-corrected chi connectivity index (χ1v) is 6.03. The Morgan fingerprint density at radius 3 is 2.94 bits per heavy atom. The molecule has 4 N–H and O–H groups in total. The average molecular weight is 233 g/mol. The topological polar surface area (TPSA) is 79.6 Å². The molecule has 0 saturated heterocycles. The van der Waals surface area contributed by atoms with Gasteiger partial charge in [-0.3, -0.25) is 5.10 Å². The Balaban J connectivity index is 2.12. The van der Waals surface area contributed by atoms with Gasteiger partial charge in [-0.2, -0.15) is 4.98 Å². The second-order valence-electron chi connectivity index (χ2n) is 4.39. The molecule has 0 fully saturated rings. The molecule has 0 radical (unpaired) electrons. The summed E-state index contributed by atoms with van der Waals surface area (Å²) in [6.45, 7) is 5.40. The Hall–Kier alpha value is -1.78. The molecule has 1 heterocycles. The van der Waals surface area contributed by atoms with Crippen molar-refractivity contribution in [2.24, 2.45) is 5.92 Å². The molecule has 1 aliphatic carbocycles. The fraction of sp³-hybridized carbons (Fsp3) is 0.500. The summed E-state index contributed by atoms with van der Waals surface area (Å²) in [7, 11) is 0. The third kappa shape index (κ3) is 2.67. The summed E-state index contributed by atoms with van der Waals surface area (Å²) in [5.74, 6) is 1.56. The summed E-state index contributed by atoms with van der Waals surface area (Å²) in [6.07, 6.45) is 6.30. The van der Waals surface area contributed by atoms with Gasteiger partial charge >= 0.3 is 0 Å². The molecule has 0 saturated carbocycles. The predicted octanol–water partition coefficient (Wildman–Crippen LogP) is 1.69. The first kappa shape index (κ1) is 11.7. The molecule has 17 heavy (non-hydrogen) atoms. The normalized spacial score (nSPS) is 19.8. The van der Waals surface area contributed by atoms with Crippen LogP contribution in [0.2, 0.25) is 0 Å². The van der Waals surface area contributed by atoms with Gasteiger partial charge in [0.1, 0.15) is 0 Å². The SMILES string of the molecule is CCCNC1=CC=C(c2nc(N)n[nH]2)CC1C. The molecular formula is C12H19N5. The number of allylic oxidation sites excluding steroid dienone is 4. The highest BCUT2D eigenvalue weighted by Crippen LogP contribution is 2.28. The van der Waals surface area contributed by atoms with E-state index in [1.54, 1.807) is 0 Å². The average Bonchev–Trinajstić information content (AvgIpc) is 2.74. The third-order valence-corrected chi connectivity index (χ3v) is 2.91. The molecule has 0 aromatic carbocycles. The van der Waals surface area contributed by atoms with E-state index in [4.69, 9.17) is 5.73 Å². The smallest absolute Gasteiger partial charge is 0.239 e. The van der Waals surface area contributed by atoms with Gasteiger partial charge in [0.25, 0.3) is 0 Å². The maximum atomic E-state index is 5.50. The van der Waals surface area contributed by atoms with Crippen LogP contribution in [0.25, 0.3) is 5.57 Å². The number of nitrogens with zero attached hydrogens (tertiary/aromatic N) is 2. The largest absolute Gasteiger partial charge is 0.388 e. The molecule has 1 atom stereocenters. The maximum Gasteiger partial charge on any atom is 0.239 e. The van der Waals surface area contributed by atoms with Crippen LogP contribution < -0.4 is 11.1 Å². The summed E-state index contributed by atoms with van der Waals surface area (Å²) in [6, 6.07) is 0. The minimum Gasteiger partial charge on any atom is -0.388 e. The van der Waals surface area contributed by atoms with Gasteiger partial charge < -0.3 is 11.1 Å². The fourth-order valence-electron chi connectivity index (χ4n) is 1.96. The lowest BCUT2D eigenvalue weighted by Gasteiger charge is -2.21. The number of hydrogen-bond donors (Lipinski definition) is 3. The van der Waals surface area contributed by atoms with E-state index in [1.165, 1.54) is 5.70 Å². The number of rotatable bonds is 4. The van der Waals surface area contributed by atoms with Crippen molar-refractivity contribution in [3.05, 3.63) is 23.7 Å². The van der Waals surface area contributed by atoms with E-state index in [9.17, 15) is 0 Å². The van der Waals surface area contributed by atoms with Crippen molar-refractivity contribution in [1.82, 2.24) is 20.5 Å². The first-order valence-electron chi connectivity index (χ1n) is 6.03. The Bertz CT molecular complexity index is 444. The molecule has 1 unspecified atom stereocenters. The van der Waals surface area contributed by atoms with Gasteiger partial charge in [-0.15, -0.1) is 5.10 Å². The number of nitrogen functional groups attached to an aromatic ring is 1. The molecule has 92 valence electrons. The van der Waals surface area contributed by atoms with Crippen molar-refractivity contribution in [1.29, 1.82) is 0 Å². The summed E-state index contributed by atoms with van der Waals surface area (Å²) in [5, 5.41) is 10.1. The fourth-order valence-corrected chi connectivity index (χ4v) is 1.96. The van der Waals surface area contributed by atoms with Gasteiger partial charge in [0, 0.05) is 12.2 Å². The number of H-pyrrole nitrogens is 1. The van der Waals surface area contributed by atoms with Crippen molar-refractivity contribution in [2.45, 2.75) is 26.7 Å². The summed E-state index contributed by atoms with van der Waals surface area (Å²) in [5.41, 5.74) is 7.96. The van der Waals surface area contributed by atoms with Crippen LogP contribution in [-0.4, -0.2) is 21.7 Å². The van der Waals surface area contributed by atoms with Crippen LogP contribution in [0, 0.1) is 5.92 Å². The molecule has 1 aromatic rings. The number of anilines is 1. The quantitative estimate of drug-likeness (QED) is 0.739. The first-order chi connectivity index (χ1) is 8.20. The zero-order valence-electron chi connectivity index (χ0n) is 10.3. The van der Waals surface area contributed by atoms with E-state index in [1.807, 2.05) is 0 Å². The van der Waals surface area contributed by atoms with Gasteiger partial charge in [0.05, 0.1) is 0 Å². The van der Waals surface area contributed by atoms with E-state index in [0.29, 0.717) is 11.9 Å². The monoisotopic (exact) mass is 233 g/mol. The molecule has 5 nitrogen and oxygen atoms in total. The summed E-state index contributed by atoms with van der Waals surface area (Å²) < 4.78 is 0. The Morgan fingerprint density at radius 2 is 2.35 bits per heavy atom. The van der Waals surface area contributed by atoms with Crippen molar-refractivity contribution >= 4 is 11.5 Å². The second-order valence-corrected chi connectivity index (χ2v) is 4.39. The predicted molar refractivity (Wildman–Crippen MR) is 68.9 cm³/mol. The van der Waals surface area contributed by atoms with Crippen LogP contribution in [0.15, 0.2) is 17.8 Å². The van der Waals surface area contributed by atoms with Crippen LogP contribution >= 0.6 is 0 Å². The molecule has 0 spiro atoms. The number of aromatic amines is 1. The van der Waals surface area contributed by atoms with E-state index >= 15 is 0 Å². The van der Waals surface area contributed by atoms with E-state index in [0.717, 1.165) is 30.8 Å². The molecule has 0 bridgehead atoms. The molecule has 0 aliphatic heterocycles. The maximum absolute atomic E-state index is 5.50. The lowest BCUT2D eigenvalue weighted by Crippen LogP contribution is -2.21. The van der Waals surface area contributed by atoms with Crippen molar-refractivity contribution in [3.63, 3.8) is 0 Å². The Labute approximate surface area is 101 Å². The number of nitrogens with one attached hydrogen (secondary N) is 2. The third-order valence-electron chi connectivity index (χ3n) is 2.91. The highest BCUT2D eigenvalue weighted by molar-refractivity contribution is 5.64. The number of hydrogen-bond acceptors (Lipinski definition) is 4. The van der Waals surface area contributed by atoms with Crippen molar-refractivity contribution < 1.29 is 0 Å².